The zero-order valence-corrected chi connectivity index (χ0v) is 7.32. The fourth-order valence-electron chi connectivity index (χ4n) is 2.60. The number of fused-ring (bicyclic) bond motifs is 2. The lowest BCUT2D eigenvalue weighted by atomic mass is 9.88. The maximum Gasteiger partial charge on any atom is 0.0581 e. The molecule has 3 heteroatoms. The molecule has 0 amide bonds. The summed E-state index contributed by atoms with van der Waals surface area (Å²) in [6.07, 6.45) is 3.13. The van der Waals surface area contributed by atoms with Crippen molar-refractivity contribution in [3.63, 3.8) is 0 Å². The molecule has 0 aromatic rings. The third kappa shape index (κ3) is 1.37. The van der Waals surface area contributed by atoms with E-state index < -0.39 is 0 Å². The molecule has 2 bridgehead atoms. The first-order valence-corrected chi connectivity index (χ1v) is 4.84. The summed E-state index contributed by atoms with van der Waals surface area (Å²) < 4.78 is 0. The summed E-state index contributed by atoms with van der Waals surface area (Å²) in [5.74, 6) is 0.482. The maximum atomic E-state index is 9.59. The molecule has 2 N–H and O–H groups in total. The van der Waals surface area contributed by atoms with Crippen molar-refractivity contribution in [1.82, 2.24) is 4.90 Å². The Bertz CT molecular complexity index is 163. The molecule has 1 aliphatic carbocycles. The van der Waals surface area contributed by atoms with E-state index in [1.54, 1.807) is 0 Å². The second-order valence-electron chi connectivity index (χ2n) is 4.01. The van der Waals surface area contributed by atoms with Gasteiger partial charge in [0.2, 0.25) is 0 Å². The Morgan fingerprint density at radius 1 is 1.33 bits per heavy atom. The highest BCUT2D eigenvalue weighted by Crippen LogP contribution is 2.35. The van der Waals surface area contributed by atoms with Crippen molar-refractivity contribution >= 4 is 0 Å². The Morgan fingerprint density at radius 3 is 2.83 bits per heavy atom. The van der Waals surface area contributed by atoms with Gasteiger partial charge in [-0.2, -0.15) is 0 Å². The van der Waals surface area contributed by atoms with Crippen LogP contribution in [0.5, 0.6) is 0 Å². The van der Waals surface area contributed by atoms with Gasteiger partial charge >= 0.3 is 0 Å². The number of nitrogens with zero attached hydrogens (tertiary/aromatic N) is 1. The van der Waals surface area contributed by atoms with Crippen LogP contribution in [-0.2, 0) is 0 Å². The first-order chi connectivity index (χ1) is 5.81. The maximum absolute atomic E-state index is 9.59. The molecule has 0 radical (unpaired) electrons. The highest BCUT2D eigenvalue weighted by atomic mass is 16.3. The molecule has 1 saturated heterocycles. The molecule has 12 heavy (non-hydrogen) atoms. The average molecular weight is 171 g/mol. The molecule has 0 spiro atoms. The molecule has 2 rings (SSSR count). The Labute approximate surface area is 73.0 Å². The lowest BCUT2D eigenvalue weighted by Crippen LogP contribution is -2.31. The minimum absolute atomic E-state index is 0.0788. The predicted molar refractivity (Wildman–Crippen MR) is 45.8 cm³/mol. The fraction of sp³-hybridized carbons (Fsp3) is 1.00. The molecule has 2 aliphatic rings. The molecule has 2 fully saturated rings. The second kappa shape index (κ2) is 3.32. The van der Waals surface area contributed by atoms with Gasteiger partial charge in [-0.25, -0.2) is 0 Å². The van der Waals surface area contributed by atoms with Crippen LogP contribution in [0.4, 0.5) is 0 Å². The van der Waals surface area contributed by atoms with Crippen molar-refractivity contribution < 1.29 is 10.2 Å². The Kier molecular flexibility index (Phi) is 2.35. The number of β-amino-alcohol motifs (C(OH)–C–C–N with tert-alkyl or cyclic N) is 1. The highest BCUT2D eigenvalue weighted by Gasteiger charge is 2.39. The molecule has 0 aromatic carbocycles. The number of likely N-dealkylation sites (tertiary alicyclic amines) is 1. The quantitative estimate of drug-likeness (QED) is 0.606. The molecule has 1 saturated carbocycles. The normalized spacial score (nSPS) is 42.0. The van der Waals surface area contributed by atoms with Crippen molar-refractivity contribution in [1.29, 1.82) is 0 Å². The molecule has 1 aliphatic heterocycles. The van der Waals surface area contributed by atoms with Crippen LogP contribution in [-0.4, -0.2) is 47.0 Å². The van der Waals surface area contributed by atoms with Crippen molar-refractivity contribution in [3.05, 3.63) is 0 Å². The SMILES string of the molecule is OCCN1CC2CC1CCC2O. The van der Waals surface area contributed by atoms with E-state index >= 15 is 0 Å². The molecule has 70 valence electrons. The summed E-state index contributed by atoms with van der Waals surface area (Å²) >= 11 is 0. The van der Waals surface area contributed by atoms with Gasteiger partial charge in [0.25, 0.3) is 0 Å². The number of aliphatic hydroxyl groups excluding tert-OH is 2. The van der Waals surface area contributed by atoms with Crippen LogP contribution < -0.4 is 0 Å². The summed E-state index contributed by atoms with van der Waals surface area (Å²) in [6, 6.07) is 0.644. The van der Waals surface area contributed by atoms with Gasteiger partial charge in [-0.3, -0.25) is 4.90 Å². The average Bonchev–Trinajstić information content (AvgIpc) is 2.39. The zero-order chi connectivity index (χ0) is 8.55. The third-order valence-corrected chi connectivity index (χ3v) is 3.29. The van der Waals surface area contributed by atoms with Crippen molar-refractivity contribution in [2.45, 2.75) is 31.4 Å². The Hall–Kier alpha value is -0.120. The van der Waals surface area contributed by atoms with Crippen LogP contribution in [0.3, 0.4) is 0 Å². The van der Waals surface area contributed by atoms with Gasteiger partial charge in [0, 0.05) is 19.1 Å². The van der Waals surface area contributed by atoms with Crippen LogP contribution in [0.25, 0.3) is 0 Å². The van der Waals surface area contributed by atoms with Crippen molar-refractivity contribution in [2.75, 3.05) is 19.7 Å². The van der Waals surface area contributed by atoms with Crippen LogP contribution in [0.1, 0.15) is 19.3 Å². The van der Waals surface area contributed by atoms with Gasteiger partial charge in [-0.1, -0.05) is 0 Å². The van der Waals surface area contributed by atoms with Gasteiger partial charge in [-0.05, 0) is 25.2 Å². The van der Waals surface area contributed by atoms with E-state index in [-0.39, 0.29) is 12.7 Å². The predicted octanol–water partition coefficient (Wildman–Crippen LogP) is -0.176. The second-order valence-corrected chi connectivity index (χ2v) is 4.01. The van der Waals surface area contributed by atoms with Crippen molar-refractivity contribution in [3.8, 4) is 0 Å². The first-order valence-electron chi connectivity index (χ1n) is 4.84. The lowest BCUT2D eigenvalue weighted by molar-refractivity contribution is 0.0892. The molecular weight excluding hydrogens is 154 g/mol. The topological polar surface area (TPSA) is 43.7 Å². The standard InChI is InChI=1S/C9H17NO2/c11-4-3-10-6-7-5-8(10)1-2-9(7)12/h7-9,11-12H,1-6H2. The summed E-state index contributed by atoms with van der Waals surface area (Å²) in [7, 11) is 0. The zero-order valence-electron chi connectivity index (χ0n) is 7.32. The van der Waals surface area contributed by atoms with E-state index in [1.165, 1.54) is 0 Å². The van der Waals surface area contributed by atoms with E-state index in [4.69, 9.17) is 5.11 Å². The minimum atomic E-state index is -0.0788. The van der Waals surface area contributed by atoms with Crippen LogP contribution in [0.2, 0.25) is 0 Å². The molecule has 3 unspecified atom stereocenters. The summed E-state index contributed by atoms with van der Waals surface area (Å²) in [6.45, 7) is 2.03. The number of hydrogen-bond donors (Lipinski definition) is 2. The largest absolute Gasteiger partial charge is 0.395 e. The number of rotatable bonds is 2. The lowest BCUT2D eigenvalue weighted by Gasteiger charge is -2.25. The smallest absolute Gasteiger partial charge is 0.0581 e. The summed E-state index contributed by atoms with van der Waals surface area (Å²) in [4.78, 5) is 2.32. The van der Waals surface area contributed by atoms with Crippen LogP contribution in [0.15, 0.2) is 0 Å². The monoisotopic (exact) mass is 171 g/mol. The molecular formula is C9H17NO2. The summed E-state index contributed by atoms with van der Waals surface area (Å²) in [5, 5.41) is 18.4. The van der Waals surface area contributed by atoms with Gasteiger partial charge in [0.05, 0.1) is 12.7 Å². The van der Waals surface area contributed by atoms with Crippen LogP contribution in [0, 0.1) is 5.92 Å². The van der Waals surface area contributed by atoms with Crippen LogP contribution >= 0.6 is 0 Å². The van der Waals surface area contributed by atoms with E-state index in [9.17, 15) is 5.11 Å². The van der Waals surface area contributed by atoms with Gasteiger partial charge in [0.15, 0.2) is 0 Å². The summed E-state index contributed by atoms with van der Waals surface area (Å²) in [5.41, 5.74) is 0. The molecule has 1 heterocycles. The Balaban J connectivity index is 1.96. The first kappa shape index (κ1) is 8.48. The number of hydrogen-bond acceptors (Lipinski definition) is 3. The van der Waals surface area contributed by atoms with E-state index in [2.05, 4.69) is 4.90 Å². The molecule has 3 atom stereocenters. The highest BCUT2D eigenvalue weighted by molar-refractivity contribution is 4.93. The van der Waals surface area contributed by atoms with E-state index in [1.807, 2.05) is 0 Å². The van der Waals surface area contributed by atoms with Gasteiger partial charge < -0.3 is 10.2 Å². The van der Waals surface area contributed by atoms with Gasteiger partial charge in [0.1, 0.15) is 0 Å². The third-order valence-electron chi connectivity index (χ3n) is 3.29. The van der Waals surface area contributed by atoms with E-state index in [0.717, 1.165) is 32.4 Å². The van der Waals surface area contributed by atoms with Crippen molar-refractivity contribution in [2.24, 2.45) is 5.92 Å². The Morgan fingerprint density at radius 2 is 2.17 bits per heavy atom. The minimum Gasteiger partial charge on any atom is -0.395 e. The van der Waals surface area contributed by atoms with E-state index in [0.29, 0.717) is 12.0 Å². The molecule has 3 nitrogen and oxygen atoms in total. The number of aliphatic hydroxyl groups is 2. The fourth-order valence-corrected chi connectivity index (χ4v) is 2.60. The van der Waals surface area contributed by atoms with Gasteiger partial charge in [-0.15, -0.1) is 0 Å². The molecule has 0 aromatic heterocycles.